The van der Waals surface area contributed by atoms with Crippen LogP contribution in [0.25, 0.3) is 10.9 Å². The summed E-state index contributed by atoms with van der Waals surface area (Å²) in [5.74, 6) is -3.08. The topological polar surface area (TPSA) is 231 Å². The summed E-state index contributed by atoms with van der Waals surface area (Å²) in [5.41, 5.74) is 12.1. The molecule has 11 N–H and O–H groups in total. The highest BCUT2D eigenvalue weighted by molar-refractivity contribution is 5.85. The summed E-state index contributed by atoms with van der Waals surface area (Å²) in [6.07, 6.45) is 1.73. The van der Waals surface area contributed by atoms with Crippen molar-refractivity contribution in [1.29, 1.82) is 0 Å². The van der Waals surface area contributed by atoms with Crippen LogP contribution in [-0.2, 0) is 20.8 Å². The Morgan fingerprint density at radius 3 is 2.15 bits per heavy atom. The van der Waals surface area contributed by atoms with Crippen LogP contribution in [0.15, 0.2) is 24.4 Å². The number of aromatic amines is 1. The van der Waals surface area contributed by atoms with Crippen molar-refractivity contribution in [1.82, 2.24) is 4.98 Å². The van der Waals surface area contributed by atoms with Gasteiger partial charge in [-0.2, -0.15) is 0 Å². The molecule has 0 spiro atoms. The zero-order valence-electron chi connectivity index (χ0n) is 14.3. The molecular formula is C16H23N3O8. The number of carboxylic acids is 3. The number of rotatable bonds is 7. The van der Waals surface area contributed by atoms with E-state index >= 15 is 0 Å². The maximum Gasteiger partial charge on any atom is 0.320 e. The molecule has 2 rings (SSSR count). The van der Waals surface area contributed by atoms with E-state index in [0.29, 0.717) is 0 Å². The van der Waals surface area contributed by atoms with Gasteiger partial charge < -0.3 is 42.4 Å². The van der Waals surface area contributed by atoms with Gasteiger partial charge in [-0.15, -0.1) is 0 Å². The number of phenolic OH excluding ortho intramolecular Hbond substituents is 1. The highest BCUT2D eigenvalue weighted by Crippen LogP contribution is 2.23. The number of fused-ring (bicyclic) bond motifs is 1. The monoisotopic (exact) mass is 385 g/mol. The second-order valence-electron chi connectivity index (χ2n) is 5.57. The zero-order chi connectivity index (χ0) is 19.9. The first-order valence-corrected chi connectivity index (χ1v) is 7.59. The van der Waals surface area contributed by atoms with Gasteiger partial charge in [0.2, 0.25) is 0 Å². The predicted molar refractivity (Wildman–Crippen MR) is 95.4 cm³/mol. The van der Waals surface area contributed by atoms with Crippen LogP contribution in [0.1, 0.15) is 18.4 Å². The molecule has 0 unspecified atom stereocenters. The van der Waals surface area contributed by atoms with Gasteiger partial charge in [0.1, 0.15) is 17.8 Å². The number of hydrogen-bond acceptors (Lipinski definition) is 6. The van der Waals surface area contributed by atoms with E-state index in [0.717, 1.165) is 16.5 Å². The number of benzene rings is 1. The summed E-state index contributed by atoms with van der Waals surface area (Å²) < 4.78 is 0. The maximum absolute atomic E-state index is 10.6. The molecule has 27 heavy (non-hydrogen) atoms. The molecule has 150 valence electrons. The summed E-state index contributed by atoms with van der Waals surface area (Å²) in [7, 11) is 0. The summed E-state index contributed by atoms with van der Waals surface area (Å²) in [4.78, 5) is 33.5. The first-order chi connectivity index (χ1) is 12.1. The molecule has 1 aromatic carbocycles. The van der Waals surface area contributed by atoms with Crippen molar-refractivity contribution in [2.24, 2.45) is 11.5 Å². The molecule has 0 saturated heterocycles. The normalized spacial score (nSPS) is 12.2. The lowest BCUT2D eigenvalue weighted by atomic mass is 10.1. The quantitative estimate of drug-likeness (QED) is 0.317. The van der Waals surface area contributed by atoms with Crippen molar-refractivity contribution in [3.8, 4) is 5.75 Å². The molecule has 0 amide bonds. The lowest BCUT2D eigenvalue weighted by Crippen LogP contribution is -2.32. The fourth-order valence-electron chi connectivity index (χ4n) is 2.06. The molecule has 11 heteroatoms. The van der Waals surface area contributed by atoms with Gasteiger partial charge >= 0.3 is 17.9 Å². The van der Waals surface area contributed by atoms with Crippen LogP contribution < -0.4 is 11.5 Å². The van der Waals surface area contributed by atoms with Gasteiger partial charge in [-0.1, -0.05) is 0 Å². The molecule has 11 nitrogen and oxygen atoms in total. The number of phenols is 1. The van der Waals surface area contributed by atoms with Gasteiger partial charge in [0.15, 0.2) is 0 Å². The minimum Gasteiger partial charge on any atom is -0.508 e. The van der Waals surface area contributed by atoms with Crippen LogP contribution in [0.4, 0.5) is 0 Å². The summed E-state index contributed by atoms with van der Waals surface area (Å²) >= 11 is 0. The lowest BCUT2D eigenvalue weighted by molar-refractivity contribution is -0.140. The summed E-state index contributed by atoms with van der Waals surface area (Å²) in [6.45, 7) is 0. The molecule has 0 aliphatic rings. The van der Waals surface area contributed by atoms with Crippen LogP contribution in [-0.4, -0.2) is 60.9 Å². The fraction of sp³-hybridized carbons (Fsp3) is 0.312. The van der Waals surface area contributed by atoms with E-state index in [-0.39, 0.29) is 30.5 Å². The molecule has 0 fully saturated rings. The number of nitrogens with two attached hydrogens (primary N) is 2. The minimum absolute atomic E-state index is 0. The highest BCUT2D eigenvalue weighted by Gasteiger charge is 2.15. The van der Waals surface area contributed by atoms with Crippen molar-refractivity contribution in [3.63, 3.8) is 0 Å². The maximum atomic E-state index is 10.6. The number of H-pyrrole nitrogens is 1. The standard InChI is InChI=1S/C11H12N2O3.C5H9NO4.H2O/c12-9(11(15)16)3-6-5-13-10-2-1-7(14)4-8(6)10;6-3(5(9)10)1-2-4(7)8;/h1-2,4-5,9,13-14H,3,12H2,(H,15,16);3H,1-2,6H2,(H,7,8)(H,9,10);1H2/t9-;3-;/m00./s1. The van der Waals surface area contributed by atoms with E-state index in [1.807, 2.05) is 0 Å². The van der Waals surface area contributed by atoms with E-state index in [1.54, 1.807) is 24.4 Å². The molecule has 1 heterocycles. The molecule has 1 aromatic heterocycles. The Bertz CT molecular complexity index is 789. The van der Waals surface area contributed by atoms with Crippen LogP contribution in [0.2, 0.25) is 0 Å². The predicted octanol–water partition coefficient (Wildman–Crippen LogP) is -0.734. The molecule has 2 aromatic rings. The van der Waals surface area contributed by atoms with Crippen molar-refractivity contribution in [2.75, 3.05) is 0 Å². The van der Waals surface area contributed by atoms with Crippen LogP contribution >= 0.6 is 0 Å². The van der Waals surface area contributed by atoms with E-state index in [2.05, 4.69) is 4.98 Å². The van der Waals surface area contributed by atoms with Crippen molar-refractivity contribution >= 4 is 28.8 Å². The fourth-order valence-corrected chi connectivity index (χ4v) is 2.06. The van der Waals surface area contributed by atoms with Crippen molar-refractivity contribution in [2.45, 2.75) is 31.3 Å². The molecule has 0 bridgehead atoms. The third-order valence-corrected chi connectivity index (χ3v) is 3.49. The van der Waals surface area contributed by atoms with Gasteiger partial charge in [0, 0.05) is 29.9 Å². The highest BCUT2D eigenvalue weighted by atomic mass is 16.4. The number of hydrogen-bond donors (Lipinski definition) is 7. The van der Waals surface area contributed by atoms with Crippen LogP contribution in [0.5, 0.6) is 5.75 Å². The third kappa shape index (κ3) is 7.73. The first kappa shape index (κ1) is 23.9. The van der Waals surface area contributed by atoms with E-state index in [9.17, 15) is 19.5 Å². The number of carboxylic acid groups (broad SMARTS) is 3. The van der Waals surface area contributed by atoms with Crippen LogP contribution in [0.3, 0.4) is 0 Å². The first-order valence-electron chi connectivity index (χ1n) is 7.59. The summed E-state index contributed by atoms with van der Waals surface area (Å²) in [5, 5.41) is 35.2. The molecule has 0 radical (unpaired) electrons. The van der Waals surface area contributed by atoms with E-state index in [1.165, 1.54) is 0 Å². The Morgan fingerprint density at radius 1 is 1.04 bits per heavy atom. The lowest BCUT2D eigenvalue weighted by Gasteiger charge is -2.04. The summed E-state index contributed by atoms with van der Waals surface area (Å²) in [6, 6.07) is 2.91. The SMILES string of the molecule is N[C@@H](CCC(=O)O)C(=O)O.N[C@@H](Cc1c[nH]c2ccc(O)cc12)C(=O)O.O. The van der Waals surface area contributed by atoms with Crippen molar-refractivity contribution < 1.29 is 40.3 Å². The Balaban J connectivity index is 0.000000539. The second kappa shape index (κ2) is 10.8. The van der Waals surface area contributed by atoms with Gasteiger partial charge in [0.05, 0.1) is 0 Å². The number of nitrogens with one attached hydrogen (secondary N) is 1. The zero-order valence-corrected chi connectivity index (χ0v) is 14.3. The average Bonchev–Trinajstić information content (AvgIpc) is 2.95. The molecule has 2 atom stereocenters. The van der Waals surface area contributed by atoms with Crippen LogP contribution in [0, 0.1) is 0 Å². The largest absolute Gasteiger partial charge is 0.508 e. The van der Waals surface area contributed by atoms with E-state index in [4.69, 9.17) is 26.8 Å². The Kier molecular flexibility index (Phi) is 9.50. The Hall–Kier alpha value is -3.15. The van der Waals surface area contributed by atoms with Gasteiger partial charge in [-0.3, -0.25) is 14.4 Å². The second-order valence-corrected chi connectivity index (χ2v) is 5.57. The minimum atomic E-state index is -1.17. The molecule has 0 aliphatic heterocycles. The Morgan fingerprint density at radius 2 is 1.63 bits per heavy atom. The number of carbonyl (C=O) groups is 3. The molecule has 0 saturated carbocycles. The Labute approximate surface area is 153 Å². The smallest absolute Gasteiger partial charge is 0.320 e. The molecule has 0 aliphatic carbocycles. The van der Waals surface area contributed by atoms with Gasteiger partial charge in [0.25, 0.3) is 0 Å². The molecular weight excluding hydrogens is 362 g/mol. The average molecular weight is 385 g/mol. The van der Waals surface area contributed by atoms with Crippen molar-refractivity contribution in [3.05, 3.63) is 30.0 Å². The number of aliphatic carboxylic acids is 3. The van der Waals surface area contributed by atoms with E-state index < -0.39 is 30.0 Å². The van der Waals surface area contributed by atoms with Gasteiger partial charge in [-0.05, 0) is 30.2 Å². The van der Waals surface area contributed by atoms with Gasteiger partial charge in [-0.25, -0.2) is 0 Å². The number of aromatic hydroxyl groups is 1. The number of aromatic nitrogens is 1. The third-order valence-electron chi connectivity index (χ3n) is 3.49.